The normalized spacial score (nSPS) is 12.4. The van der Waals surface area contributed by atoms with E-state index in [0.717, 1.165) is 89.9 Å². The number of carboxylic acid groups (broad SMARTS) is 1. The van der Waals surface area contributed by atoms with Crippen LogP contribution in [0.5, 0.6) is 0 Å². The summed E-state index contributed by atoms with van der Waals surface area (Å²) in [5.74, 6) is -1.25. The van der Waals surface area contributed by atoms with Crippen molar-refractivity contribution in [3.05, 3.63) is 36.5 Å². The third-order valence-electron chi connectivity index (χ3n) is 7.83. The van der Waals surface area contributed by atoms with E-state index in [1.54, 1.807) is 0 Å². The highest BCUT2D eigenvalue weighted by molar-refractivity contribution is 5.80. The summed E-state index contributed by atoms with van der Waals surface area (Å²) < 4.78 is 5.96. The Morgan fingerprint density at radius 3 is 1.70 bits per heavy atom. The van der Waals surface area contributed by atoms with Gasteiger partial charge in [-0.15, -0.1) is 0 Å². The number of hydrogen-bond donors (Lipinski definition) is 2. The zero-order valence-electron chi connectivity index (χ0n) is 28.5. The zero-order chi connectivity index (χ0) is 32.4. The molecule has 1 amide bonds. The Labute approximate surface area is 270 Å². The number of unbranched alkanes of at least 4 members (excludes halogenated alkanes) is 15. The molecule has 0 heterocycles. The van der Waals surface area contributed by atoms with E-state index < -0.39 is 5.97 Å². The number of hydrogen-bond acceptors (Lipinski definition) is 4. The van der Waals surface area contributed by atoms with Gasteiger partial charge in [-0.2, -0.15) is 0 Å². The Bertz CT molecular complexity index is 773. The Balaban J connectivity index is 4.11. The van der Waals surface area contributed by atoms with Gasteiger partial charge in [-0.25, -0.2) is 0 Å². The summed E-state index contributed by atoms with van der Waals surface area (Å²) in [7, 11) is 0. The van der Waals surface area contributed by atoms with Crippen molar-refractivity contribution in [1.82, 2.24) is 5.32 Å². The van der Waals surface area contributed by atoms with Gasteiger partial charge >= 0.3 is 11.9 Å². The van der Waals surface area contributed by atoms with Gasteiger partial charge in [0.15, 0.2) is 0 Å². The van der Waals surface area contributed by atoms with E-state index in [2.05, 4.69) is 55.6 Å². The van der Waals surface area contributed by atoms with Crippen LogP contribution in [0, 0.1) is 0 Å². The van der Waals surface area contributed by atoms with Gasteiger partial charge in [0.25, 0.3) is 0 Å². The highest BCUT2D eigenvalue weighted by atomic mass is 16.5. The molecule has 1 unspecified atom stereocenters. The molecule has 0 fully saturated rings. The van der Waals surface area contributed by atoms with Crippen LogP contribution in [0.2, 0.25) is 0 Å². The van der Waals surface area contributed by atoms with Gasteiger partial charge in [0.1, 0.15) is 12.6 Å². The van der Waals surface area contributed by atoms with Gasteiger partial charge in [-0.05, 0) is 70.6 Å². The summed E-state index contributed by atoms with van der Waals surface area (Å²) in [5.41, 5.74) is 0. The molecule has 0 radical (unpaired) electrons. The standard InChI is InChI=1S/C38H67NO5/c1-3-5-7-9-11-12-13-14-15-16-17-18-20-25-29-33-38(43)44-35(30-26-22-19-10-8-6-4-2)31-27-23-21-24-28-32-36(40)39-34-37(41)42/h5,7,11-12,14-15,35H,3-4,6,8-10,13,16-34H2,1-2H3,(H,39,40)(H,41,42)/b7-5-,12-11-,15-14-. The van der Waals surface area contributed by atoms with Crippen LogP contribution in [0.15, 0.2) is 36.5 Å². The summed E-state index contributed by atoms with van der Waals surface area (Å²) in [4.78, 5) is 34.8. The lowest BCUT2D eigenvalue weighted by molar-refractivity contribution is -0.150. The first-order chi connectivity index (χ1) is 21.5. The molecule has 0 bridgehead atoms. The molecule has 0 aliphatic rings. The van der Waals surface area contributed by atoms with Crippen molar-refractivity contribution >= 4 is 17.8 Å². The molecule has 254 valence electrons. The Kier molecular flexibility index (Phi) is 31.7. The second kappa shape index (κ2) is 33.5. The quantitative estimate of drug-likeness (QED) is 0.0445. The Hall–Kier alpha value is -2.37. The fourth-order valence-electron chi connectivity index (χ4n) is 5.18. The fraction of sp³-hybridized carbons (Fsp3) is 0.763. The molecule has 0 aromatic rings. The van der Waals surface area contributed by atoms with Crippen LogP contribution in [0.1, 0.15) is 174 Å². The molecular formula is C38H67NO5. The highest BCUT2D eigenvalue weighted by Crippen LogP contribution is 2.18. The smallest absolute Gasteiger partial charge is 0.322 e. The molecular weight excluding hydrogens is 550 g/mol. The van der Waals surface area contributed by atoms with Gasteiger partial charge in [0.2, 0.25) is 5.91 Å². The minimum atomic E-state index is -1.02. The Morgan fingerprint density at radius 1 is 0.614 bits per heavy atom. The summed E-state index contributed by atoms with van der Waals surface area (Å²) >= 11 is 0. The number of aliphatic carboxylic acids is 1. The van der Waals surface area contributed by atoms with Crippen LogP contribution < -0.4 is 5.32 Å². The van der Waals surface area contributed by atoms with E-state index in [-0.39, 0.29) is 24.5 Å². The topological polar surface area (TPSA) is 92.7 Å². The molecule has 1 atom stereocenters. The third-order valence-corrected chi connectivity index (χ3v) is 7.83. The highest BCUT2D eigenvalue weighted by Gasteiger charge is 2.14. The third kappa shape index (κ3) is 32.5. The SMILES string of the molecule is CC/C=C\C/C=C\C/C=C\CCCCCCCC(=O)OC(CCCCCCCCC)CCCCCCCC(=O)NCC(=O)O. The lowest BCUT2D eigenvalue weighted by Crippen LogP contribution is -2.28. The van der Waals surface area contributed by atoms with Crippen molar-refractivity contribution in [3.63, 3.8) is 0 Å². The predicted molar refractivity (Wildman–Crippen MR) is 185 cm³/mol. The molecule has 0 aliphatic heterocycles. The van der Waals surface area contributed by atoms with Crippen molar-refractivity contribution in [2.75, 3.05) is 6.54 Å². The second-order valence-corrected chi connectivity index (χ2v) is 12.1. The first-order valence-electron chi connectivity index (χ1n) is 18.1. The number of carboxylic acids is 1. The number of nitrogens with one attached hydrogen (secondary N) is 1. The average molecular weight is 618 g/mol. The molecule has 6 heteroatoms. The van der Waals surface area contributed by atoms with Crippen molar-refractivity contribution in [2.45, 2.75) is 180 Å². The van der Waals surface area contributed by atoms with E-state index in [9.17, 15) is 14.4 Å². The number of carbonyl (C=O) groups is 3. The molecule has 0 aromatic carbocycles. The van der Waals surface area contributed by atoms with Crippen LogP contribution >= 0.6 is 0 Å². The molecule has 0 aliphatic carbocycles. The largest absolute Gasteiger partial charge is 0.480 e. The van der Waals surface area contributed by atoms with E-state index in [0.29, 0.717) is 12.8 Å². The number of carbonyl (C=O) groups excluding carboxylic acids is 2. The summed E-state index contributed by atoms with van der Waals surface area (Å²) in [5, 5.41) is 11.0. The van der Waals surface area contributed by atoms with Gasteiger partial charge < -0.3 is 15.2 Å². The summed E-state index contributed by atoms with van der Waals surface area (Å²) in [6.07, 6.45) is 39.7. The lowest BCUT2D eigenvalue weighted by atomic mass is 10.0. The van der Waals surface area contributed by atoms with E-state index in [1.165, 1.54) is 57.8 Å². The van der Waals surface area contributed by atoms with E-state index in [1.807, 2.05) is 0 Å². The van der Waals surface area contributed by atoms with Crippen LogP contribution in [0.25, 0.3) is 0 Å². The number of allylic oxidation sites excluding steroid dienone is 6. The first kappa shape index (κ1) is 41.6. The molecule has 44 heavy (non-hydrogen) atoms. The number of esters is 1. The van der Waals surface area contributed by atoms with Crippen molar-refractivity contribution in [1.29, 1.82) is 0 Å². The van der Waals surface area contributed by atoms with Gasteiger partial charge in [-0.3, -0.25) is 14.4 Å². The fourth-order valence-corrected chi connectivity index (χ4v) is 5.18. The molecule has 0 aromatic heterocycles. The Morgan fingerprint density at radius 2 is 1.11 bits per heavy atom. The van der Waals surface area contributed by atoms with Crippen molar-refractivity contribution < 1.29 is 24.2 Å². The maximum Gasteiger partial charge on any atom is 0.322 e. The molecule has 0 saturated heterocycles. The lowest BCUT2D eigenvalue weighted by Gasteiger charge is -2.18. The first-order valence-corrected chi connectivity index (χ1v) is 18.1. The van der Waals surface area contributed by atoms with E-state index >= 15 is 0 Å². The molecule has 6 nitrogen and oxygen atoms in total. The monoisotopic (exact) mass is 618 g/mol. The average Bonchev–Trinajstić information content (AvgIpc) is 3.00. The predicted octanol–water partition coefficient (Wildman–Crippen LogP) is 10.6. The maximum atomic E-state index is 12.6. The van der Waals surface area contributed by atoms with Gasteiger partial charge in [-0.1, -0.05) is 127 Å². The van der Waals surface area contributed by atoms with Crippen LogP contribution in [-0.4, -0.2) is 35.6 Å². The molecule has 0 rings (SSSR count). The van der Waals surface area contributed by atoms with E-state index in [4.69, 9.17) is 9.84 Å². The van der Waals surface area contributed by atoms with Crippen molar-refractivity contribution in [3.8, 4) is 0 Å². The number of amides is 1. The molecule has 2 N–H and O–H groups in total. The second-order valence-electron chi connectivity index (χ2n) is 12.1. The number of ether oxygens (including phenoxy) is 1. The van der Waals surface area contributed by atoms with Gasteiger partial charge in [0.05, 0.1) is 0 Å². The van der Waals surface area contributed by atoms with Gasteiger partial charge in [0, 0.05) is 12.8 Å². The zero-order valence-corrected chi connectivity index (χ0v) is 28.5. The molecule has 0 spiro atoms. The summed E-state index contributed by atoms with van der Waals surface area (Å²) in [6, 6.07) is 0. The summed E-state index contributed by atoms with van der Waals surface area (Å²) in [6.45, 7) is 4.08. The van der Waals surface area contributed by atoms with Crippen LogP contribution in [-0.2, 0) is 19.1 Å². The molecule has 0 saturated carbocycles. The maximum absolute atomic E-state index is 12.6. The van der Waals surface area contributed by atoms with Crippen molar-refractivity contribution in [2.24, 2.45) is 0 Å². The minimum Gasteiger partial charge on any atom is -0.480 e. The minimum absolute atomic E-state index is 0.0226. The van der Waals surface area contributed by atoms with Crippen LogP contribution in [0.4, 0.5) is 0 Å². The van der Waals surface area contributed by atoms with Crippen LogP contribution in [0.3, 0.4) is 0 Å². The number of rotatable bonds is 32.